The van der Waals surface area contributed by atoms with Gasteiger partial charge in [0, 0.05) is 11.1 Å². The maximum absolute atomic E-state index is 4.77. The molecule has 1 atom stereocenters. The Morgan fingerprint density at radius 2 is 1.61 bits per heavy atom. The summed E-state index contributed by atoms with van der Waals surface area (Å²) in [5, 5.41) is 2.47. The van der Waals surface area contributed by atoms with E-state index in [0.29, 0.717) is 0 Å². The molecule has 0 amide bonds. The molecule has 4 rings (SSSR count). The van der Waals surface area contributed by atoms with E-state index in [1.54, 1.807) is 11.1 Å². The van der Waals surface area contributed by atoms with Crippen LogP contribution >= 0.6 is 12.2 Å². The Kier molecular flexibility index (Phi) is 6.66. The average Bonchev–Trinajstić information content (AvgIpc) is 2.75. The number of hydrogen-bond acceptors (Lipinski definition) is 2. The molecule has 0 saturated carbocycles. The van der Waals surface area contributed by atoms with Gasteiger partial charge in [-0.25, -0.2) is 0 Å². The van der Waals surface area contributed by atoms with Crippen molar-refractivity contribution in [3.05, 3.63) is 86.5 Å². The summed E-state index contributed by atoms with van der Waals surface area (Å²) in [4.78, 5) is 4.18. The van der Waals surface area contributed by atoms with E-state index < -0.39 is 0 Å². The van der Waals surface area contributed by atoms with Crippen LogP contribution in [-0.2, 0) is 12.8 Å². The van der Waals surface area contributed by atoms with Crippen LogP contribution in [0.3, 0.4) is 0 Å². The molecule has 0 aliphatic heterocycles. The molecule has 3 aromatic rings. The lowest BCUT2D eigenvalue weighted by Crippen LogP contribution is -2.13. The summed E-state index contributed by atoms with van der Waals surface area (Å²) >= 11 is 4.77. The number of aryl methyl sites for hydroxylation is 4. The third-order valence-corrected chi connectivity index (χ3v) is 7.05. The lowest BCUT2D eigenvalue weighted by Gasteiger charge is -2.26. The Morgan fingerprint density at radius 1 is 0.879 bits per heavy atom. The third-order valence-electron chi connectivity index (χ3n) is 6.96. The van der Waals surface area contributed by atoms with Crippen LogP contribution in [0, 0.1) is 52.4 Å². The zero-order valence-corrected chi connectivity index (χ0v) is 21.3. The van der Waals surface area contributed by atoms with E-state index in [2.05, 4.69) is 86.1 Å². The van der Waals surface area contributed by atoms with Crippen LogP contribution in [0.4, 0.5) is 5.69 Å². The molecule has 0 heterocycles. The topological polar surface area (TPSA) is 12.4 Å². The molecule has 0 N–H and O–H groups in total. The van der Waals surface area contributed by atoms with Gasteiger partial charge in [0.1, 0.15) is 0 Å². The first-order valence-corrected chi connectivity index (χ1v) is 12.1. The summed E-state index contributed by atoms with van der Waals surface area (Å²) < 4.78 is 0. The molecule has 1 aliphatic carbocycles. The highest BCUT2D eigenvalue weighted by Gasteiger charge is 2.20. The van der Waals surface area contributed by atoms with Gasteiger partial charge < -0.3 is 0 Å². The van der Waals surface area contributed by atoms with Crippen LogP contribution in [0.2, 0.25) is 0 Å². The van der Waals surface area contributed by atoms with Crippen molar-refractivity contribution in [1.29, 1.82) is 0 Å². The lowest BCUT2D eigenvalue weighted by molar-refractivity contribution is 0.500. The van der Waals surface area contributed by atoms with Gasteiger partial charge in [-0.15, -0.1) is 0 Å². The summed E-state index contributed by atoms with van der Waals surface area (Å²) in [6.45, 7) is 13.2. The monoisotopic (exact) mass is 449 g/mol. The fourth-order valence-electron chi connectivity index (χ4n) is 5.30. The summed E-state index contributed by atoms with van der Waals surface area (Å²) in [5.74, 6) is 7.51. The van der Waals surface area contributed by atoms with Crippen LogP contribution in [0.25, 0.3) is 11.1 Å². The molecule has 0 fully saturated rings. The molecule has 2 heteroatoms. The van der Waals surface area contributed by atoms with Crippen LogP contribution < -0.4 is 0 Å². The molecular weight excluding hydrogens is 418 g/mol. The second-order valence-corrected chi connectivity index (χ2v) is 9.80. The van der Waals surface area contributed by atoms with E-state index in [4.69, 9.17) is 12.2 Å². The highest BCUT2D eigenvalue weighted by atomic mass is 32.1. The fourth-order valence-corrected chi connectivity index (χ4v) is 5.39. The predicted molar refractivity (Wildman–Crippen MR) is 144 cm³/mol. The molecule has 0 radical (unpaired) electrons. The highest BCUT2D eigenvalue weighted by molar-refractivity contribution is 7.78. The average molecular weight is 450 g/mol. The van der Waals surface area contributed by atoms with Gasteiger partial charge in [0.2, 0.25) is 0 Å². The molecule has 166 valence electrons. The van der Waals surface area contributed by atoms with Gasteiger partial charge in [-0.3, -0.25) is 0 Å². The molecule has 0 aromatic heterocycles. The lowest BCUT2D eigenvalue weighted by atomic mass is 9.79. The van der Waals surface area contributed by atoms with E-state index in [9.17, 15) is 0 Å². The number of nitrogens with zero attached hydrogens (tertiary/aromatic N) is 1. The van der Waals surface area contributed by atoms with Crippen molar-refractivity contribution in [2.75, 3.05) is 0 Å². The van der Waals surface area contributed by atoms with Crippen molar-refractivity contribution in [2.45, 2.75) is 60.8 Å². The number of hydrogen-bond donors (Lipinski definition) is 0. The zero-order valence-electron chi connectivity index (χ0n) is 20.5. The third kappa shape index (κ3) is 4.72. The maximum atomic E-state index is 4.77. The van der Waals surface area contributed by atoms with E-state index in [0.717, 1.165) is 33.9 Å². The second-order valence-electron chi connectivity index (χ2n) is 9.62. The van der Waals surface area contributed by atoms with Gasteiger partial charge in [-0.1, -0.05) is 37.0 Å². The number of benzene rings is 3. The maximum Gasteiger partial charge on any atom is 0.0798 e. The fraction of sp³-hybridized carbons (Fsp3) is 0.323. The Morgan fingerprint density at radius 3 is 2.27 bits per heavy atom. The first-order valence-electron chi connectivity index (χ1n) is 11.7. The normalized spacial score (nSPS) is 14.7. The van der Waals surface area contributed by atoms with Gasteiger partial charge in [0.25, 0.3) is 0 Å². The summed E-state index contributed by atoms with van der Waals surface area (Å²) in [5.41, 5.74) is 14.9. The van der Waals surface area contributed by atoms with Crippen molar-refractivity contribution < 1.29 is 0 Å². The molecule has 3 aromatic carbocycles. The van der Waals surface area contributed by atoms with Crippen molar-refractivity contribution in [3.63, 3.8) is 0 Å². The van der Waals surface area contributed by atoms with Gasteiger partial charge in [0.15, 0.2) is 0 Å². The smallest absolute Gasteiger partial charge is 0.0798 e. The molecule has 1 aliphatic rings. The van der Waals surface area contributed by atoms with E-state index in [1.807, 2.05) is 13.8 Å². The Bertz CT molecular complexity index is 1340. The van der Waals surface area contributed by atoms with Gasteiger partial charge in [-0.2, -0.15) is 4.99 Å². The molecule has 0 saturated heterocycles. The quantitative estimate of drug-likeness (QED) is 0.218. The molecule has 0 bridgehead atoms. The summed E-state index contributed by atoms with van der Waals surface area (Å²) in [6, 6.07) is 13.3. The summed E-state index contributed by atoms with van der Waals surface area (Å²) in [6.07, 6.45) is 3.70. The molecule has 33 heavy (non-hydrogen) atoms. The molecule has 1 nitrogen and oxygen atoms in total. The number of thiocarbonyl (C=S) groups is 1. The van der Waals surface area contributed by atoms with Crippen molar-refractivity contribution in [1.82, 2.24) is 0 Å². The standard InChI is InChI=1S/C31H31NS/c1-19-7-12-29-24(6)30(21(3)17-28(29)13-19)27-11-10-26(20(2)16-27)9-8-25-14-22(4)31(32-18-33)23(5)15-25/h10-11,14-17,19H,7,12-13H2,1-6H3. The molecular formula is C31H31NS. The van der Waals surface area contributed by atoms with Gasteiger partial charge >= 0.3 is 0 Å². The molecule has 1 unspecified atom stereocenters. The summed E-state index contributed by atoms with van der Waals surface area (Å²) in [7, 11) is 0. The largest absolute Gasteiger partial charge is 0.194 e. The van der Waals surface area contributed by atoms with Crippen LogP contribution in [0.15, 0.2) is 41.4 Å². The SMILES string of the molecule is Cc1cc(-c2c(C)cc3c(c2C)CCC(C)C3)ccc1C#Cc1cc(C)c(N=C=S)c(C)c1. The minimum absolute atomic E-state index is 0.791. The van der Waals surface area contributed by atoms with Crippen LogP contribution in [0.1, 0.15) is 63.4 Å². The van der Waals surface area contributed by atoms with Crippen molar-refractivity contribution in [2.24, 2.45) is 10.9 Å². The van der Waals surface area contributed by atoms with Gasteiger partial charge in [-0.05, 0) is 140 Å². The minimum atomic E-state index is 0.791. The predicted octanol–water partition coefficient (Wildman–Crippen LogP) is 8.15. The number of rotatable bonds is 2. The van der Waals surface area contributed by atoms with Crippen molar-refractivity contribution in [3.8, 4) is 23.0 Å². The zero-order chi connectivity index (χ0) is 23.7. The van der Waals surface area contributed by atoms with Crippen LogP contribution in [0.5, 0.6) is 0 Å². The molecule has 0 spiro atoms. The van der Waals surface area contributed by atoms with E-state index in [1.165, 1.54) is 47.1 Å². The van der Waals surface area contributed by atoms with E-state index in [-0.39, 0.29) is 0 Å². The van der Waals surface area contributed by atoms with E-state index >= 15 is 0 Å². The number of aliphatic imine (C=N–C) groups is 1. The number of fused-ring (bicyclic) bond motifs is 1. The first kappa shape index (κ1) is 23.2. The number of isothiocyanates is 1. The minimum Gasteiger partial charge on any atom is -0.194 e. The van der Waals surface area contributed by atoms with Crippen LogP contribution in [-0.4, -0.2) is 5.16 Å². The Balaban J connectivity index is 1.68. The second kappa shape index (κ2) is 9.48. The first-order chi connectivity index (χ1) is 15.8. The van der Waals surface area contributed by atoms with Crippen molar-refractivity contribution >= 4 is 23.1 Å². The highest BCUT2D eigenvalue weighted by Crippen LogP contribution is 2.37. The van der Waals surface area contributed by atoms with Gasteiger partial charge in [0.05, 0.1) is 10.8 Å². The Hall–Kier alpha value is -2.98. The Labute approximate surface area is 204 Å².